The number of rotatable bonds is 2. The summed E-state index contributed by atoms with van der Waals surface area (Å²) >= 11 is 0. The van der Waals surface area contributed by atoms with E-state index in [1.165, 1.54) is 11.1 Å². The lowest BCUT2D eigenvalue weighted by molar-refractivity contribution is 0.342. The van der Waals surface area contributed by atoms with Crippen molar-refractivity contribution in [3.05, 3.63) is 22.3 Å². The molecule has 0 aromatic heterocycles. The Bertz CT molecular complexity index is 491. The summed E-state index contributed by atoms with van der Waals surface area (Å²) in [6.07, 6.45) is 1.63. The van der Waals surface area contributed by atoms with E-state index in [-0.39, 0.29) is 0 Å². The minimum absolute atomic E-state index is 0.648. The zero-order valence-corrected chi connectivity index (χ0v) is 11.1. The van der Waals surface area contributed by atoms with Gasteiger partial charge in [-0.05, 0) is 44.4 Å². The van der Waals surface area contributed by atoms with Crippen molar-refractivity contribution in [2.75, 3.05) is 6.26 Å². The highest BCUT2D eigenvalue weighted by molar-refractivity contribution is 7.85. The molecule has 0 radical (unpaired) electrons. The summed E-state index contributed by atoms with van der Waals surface area (Å²) in [6, 6.07) is 0. The van der Waals surface area contributed by atoms with Crippen LogP contribution in [0.2, 0.25) is 0 Å². The first-order valence-corrected chi connectivity index (χ1v) is 6.84. The van der Waals surface area contributed by atoms with Crippen molar-refractivity contribution in [2.24, 2.45) is 5.16 Å². The zero-order chi connectivity index (χ0) is 12.5. The SMILES string of the molecule is CC(C)=C1CC(=NOS(C)(=O)=O)C(C)=C1C. The van der Waals surface area contributed by atoms with Crippen LogP contribution in [0.15, 0.2) is 27.4 Å². The highest BCUT2D eigenvalue weighted by Crippen LogP contribution is 2.31. The van der Waals surface area contributed by atoms with Gasteiger partial charge in [-0.25, -0.2) is 0 Å². The van der Waals surface area contributed by atoms with Gasteiger partial charge in [0.05, 0.1) is 12.0 Å². The maximum Gasteiger partial charge on any atom is 0.325 e. The molecule has 1 rings (SSSR count). The second-order valence-corrected chi connectivity index (χ2v) is 5.78. The molecule has 5 heteroatoms. The van der Waals surface area contributed by atoms with Crippen LogP contribution in [0.25, 0.3) is 0 Å². The lowest BCUT2D eigenvalue weighted by Gasteiger charge is -2.00. The molecule has 16 heavy (non-hydrogen) atoms. The standard InChI is InChI=1S/C11H17NO3S/c1-7(2)10-6-11(9(4)8(10)3)12-15-16(5,13)14/h6H2,1-5H3. The van der Waals surface area contributed by atoms with Crippen molar-refractivity contribution in [3.8, 4) is 0 Å². The van der Waals surface area contributed by atoms with Crippen molar-refractivity contribution in [1.29, 1.82) is 0 Å². The summed E-state index contributed by atoms with van der Waals surface area (Å²) < 4.78 is 26.1. The molecule has 1 aliphatic carbocycles. The molecule has 0 fully saturated rings. The van der Waals surface area contributed by atoms with Crippen LogP contribution in [-0.4, -0.2) is 20.4 Å². The smallest absolute Gasteiger partial charge is 0.268 e. The third kappa shape index (κ3) is 2.95. The fraction of sp³-hybridized carbons (Fsp3) is 0.545. The third-order valence-corrected chi connectivity index (χ3v) is 3.02. The van der Waals surface area contributed by atoms with E-state index >= 15 is 0 Å². The maximum absolute atomic E-state index is 10.8. The van der Waals surface area contributed by atoms with E-state index in [1.54, 1.807) is 0 Å². The van der Waals surface area contributed by atoms with Crippen LogP contribution in [-0.2, 0) is 14.4 Å². The molecule has 0 unspecified atom stereocenters. The van der Waals surface area contributed by atoms with E-state index in [2.05, 4.69) is 9.44 Å². The minimum atomic E-state index is -3.52. The lowest BCUT2D eigenvalue weighted by atomic mass is 10.1. The fourth-order valence-corrected chi connectivity index (χ4v) is 1.87. The number of hydrogen-bond acceptors (Lipinski definition) is 4. The molecule has 0 saturated heterocycles. The van der Waals surface area contributed by atoms with E-state index in [9.17, 15) is 8.42 Å². The van der Waals surface area contributed by atoms with Gasteiger partial charge in [-0.15, -0.1) is 0 Å². The average molecular weight is 243 g/mol. The number of allylic oxidation sites excluding steroid dienone is 4. The van der Waals surface area contributed by atoms with E-state index < -0.39 is 10.1 Å². The van der Waals surface area contributed by atoms with Gasteiger partial charge in [0, 0.05) is 6.42 Å². The van der Waals surface area contributed by atoms with E-state index in [1.807, 2.05) is 27.7 Å². The van der Waals surface area contributed by atoms with Crippen LogP contribution in [0.5, 0.6) is 0 Å². The third-order valence-electron chi connectivity index (χ3n) is 2.68. The molecule has 0 aliphatic heterocycles. The molecule has 0 N–H and O–H groups in total. The zero-order valence-electron chi connectivity index (χ0n) is 10.3. The molecule has 0 saturated carbocycles. The van der Waals surface area contributed by atoms with Crippen LogP contribution in [0.4, 0.5) is 0 Å². The summed E-state index contributed by atoms with van der Waals surface area (Å²) in [5.41, 5.74) is 5.30. The Morgan fingerprint density at radius 2 is 1.81 bits per heavy atom. The monoisotopic (exact) mass is 243 g/mol. The van der Waals surface area contributed by atoms with Crippen LogP contribution in [0, 0.1) is 0 Å². The maximum atomic E-state index is 10.8. The molecule has 0 atom stereocenters. The van der Waals surface area contributed by atoms with Crippen LogP contribution in [0.1, 0.15) is 34.1 Å². The molecule has 90 valence electrons. The van der Waals surface area contributed by atoms with Gasteiger partial charge in [-0.3, -0.25) is 4.28 Å². The predicted octanol–water partition coefficient (Wildman–Crippen LogP) is 2.40. The number of nitrogens with zero attached hydrogens (tertiary/aromatic N) is 1. The van der Waals surface area contributed by atoms with Crippen molar-refractivity contribution >= 4 is 15.8 Å². The van der Waals surface area contributed by atoms with E-state index in [0.29, 0.717) is 12.1 Å². The van der Waals surface area contributed by atoms with E-state index in [0.717, 1.165) is 17.4 Å². The summed E-state index contributed by atoms with van der Waals surface area (Å²) in [6.45, 7) is 8.01. The van der Waals surface area contributed by atoms with Gasteiger partial charge in [0.25, 0.3) is 0 Å². The molecule has 0 heterocycles. The van der Waals surface area contributed by atoms with Crippen LogP contribution < -0.4 is 0 Å². The first-order valence-electron chi connectivity index (χ1n) is 5.02. The lowest BCUT2D eigenvalue weighted by Crippen LogP contribution is -2.02. The second kappa shape index (κ2) is 4.41. The normalized spacial score (nSPS) is 19.6. The Labute approximate surface area is 96.8 Å². The first-order chi connectivity index (χ1) is 7.22. The first kappa shape index (κ1) is 13.0. The topological polar surface area (TPSA) is 55.7 Å². The summed E-state index contributed by atoms with van der Waals surface area (Å²) in [5, 5.41) is 3.70. The Hall–Kier alpha value is -1.10. The highest BCUT2D eigenvalue weighted by atomic mass is 32.2. The molecule has 4 nitrogen and oxygen atoms in total. The predicted molar refractivity (Wildman–Crippen MR) is 64.7 cm³/mol. The van der Waals surface area contributed by atoms with Crippen molar-refractivity contribution < 1.29 is 12.7 Å². The highest BCUT2D eigenvalue weighted by Gasteiger charge is 2.21. The fourth-order valence-electron chi connectivity index (χ4n) is 1.64. The van der Waals surface area contributed by atoms with Crippen LogP contribution >= 0.6 is 0 Å². The molecule has 0 aromatic rings. The molecule has 0 spiro atoms. The Morgan fingerprint density at radius 1 is 1.25 bits per heavy atom. The minimum Gasteiger partial charge on any atom is -0.268 e. The average Bonchev–Trinajstić information content (AvgIpc) is 2.40. The number of oxime groups is 1. The number of hydrogen-bond donors (Lipinski definition) is 0. The van der Waals surface area contributed by atoms with Gasteiger partial charge < -0.3 is 0 Å². The largest absolute Gasteiger partial charge is 0.325 e. The van der Waals surface area contributed by atoms with E-state index in [4.69, 9.17) is 0 Å². The quantitative estimate of drug-likeness (QED) is 0.700. The van der Waals surface area contributed by atoms with Gasteiger partial charge in [-0.2, -0.15) is 8.42 Å². The van der Waals surface area contributed by atoms with Gasteiger partial charge in [0.2, 0.25) is 0 Å². The van der Waals surface area contributed by atoms with Crippen molar-refractivity contribution in [3.63, 3.8) is 0 Å². The molecular weight excluding hydrogens is 226 g/mol. The second-order valence-electron chi connectivity index (χ2n) is 4.22. The Morgan fingerprint density at radius 3 is 2.19 bits per heavy atom. The van der Waals surface area contributed by atoms with Gasteiger partial charge >= 0.3 is 10.1 Å². The summed E-state index contributed by atoms with van der Waals surface area (Å²) in [7, 11) is -3.52. The van der Waals surface area contributed by atoms with Gasteiger partial charge in [0.15, 0.2) is 0 Å². The van der Waals surface area contributed by atoms with Crippen molar-refractivity contribution in [2.45, 2.75) is 34.1 Å². The Balaban J connectivity index is 3.03. The molecule has 1 aliphatic rings. The van der Waals surface area contributed by atoms with Gasteiger partial charge in [0.1, 0.15) is 0 Å². The molecule has 0 bridgehead atoms. The summed E-state index contributed by atoms with van der Waals surface area (Å²) in [5.74, 6) is 0. The molecule has 0 aromatic carbocycles. The van der Waals surface area contributed by atoms with Gasteiger partial charge in [-0.1, -0.05) is 10.7 Å². The molecule has 0 amide bonds. The Kier molecular flexibility index (Phi) is 3.57. The molecular formula is C11H17NO3S. The van der Waals surface area contributed by atoms with Crippen LogP contribution in [0.3, 0.4) is 0 Å². The summed E-state index contributed by atoms with van der Waals surface area (Å²) in [4.78, 5) is 0. The van der Waals surface area contributed by atoms with Crippen molar-refractivity contribution in [1.82, 2.24) is 0 Å².